The number of aromatic nitrogens is 2. The Morgan fingerprint density at radius 2 is 1.71 bits per heavy atom. The van der Waals surface area contributed by atoms with Crippen LogP contribution in [0.5, 0.6) is 5.88 Å². The summed E-state index contributed by atoms with van der Waals surface area (Å²) in [5, 5.41) is 2.09. The van der Waals surface area contributed by atoms with Crippen molar-refractivity contribution in [1.82, 2.24) is 13.8 Å². The smallest absolute Gasteiger partial charge is 0.271 e. The summed E-state index contributed by atoms with van der Waals surface area (Å²) in [6.07, 6.45) is 1.85. The van der Waals surface area contributed by atoms with Crippen LogP contribution in [0.2, 0.25) is 0 Å². The van der Waals surface area contributed by atoms with E-state index in [1.165, 1.54) is 11.7 Å². The van der Waals surface area contributed by atoms with Gasteiger partial charge in [0.1, 0.15) is 6.10 Å². The molecule has 0 aromatic carbocycles. The molecule has 0 unspecified atom stereocenters. The van der Waals surface area contributed by atoms with Crippen molar-refractivity contribution in [3.8, 4) is 5.88 Å². The summed E-state index contributed by atoms with van der Waals surface area (Å²) in [7, 11) is 1.74. The molecule has 0 aliphatic carbocycles. The third-order valence-corrected chi connectivity index (χ3v) is 5.27. The van der Waals surface area contributed by atoms with Crippen LogP contribution in [0.25, 0.3) is 0 Å². The molecule has 2 aliphatic rings. The van der Waals surface area contributed by atoms with Crippen LogP contribution >= 0.6 is 11.7 Å². The highest BCUT2D eigenvalue weighted by Crippen LogP contribution is 2.40. The molecule has 2 aliphatic heterocycles. The van der Waals surface area contributed by atoms with E-state index >= 15 is 0 Å². The Balaban J connectivity index is 1.74. The molecule has 24 heavy (non-hydrogen) atoms. The van der Waals surface area contributed by atoms with E-state index in [2.05, 4.69) is 46.4 Å². The number of hydrogen-bond acceptors (Lipinski definition) is 8. The Bertz CT molecular complexity index is 539. The number of hydroxylamine groups is 2. The highest BCUT2D eigenvalue weighted by atomic mass is 32.1. The maximum Gasteiger partial charge on any atom is 0.271 e. The standard InChI is InChI=1S/C16H28N4O3S/c1-15(2)10-12(11-16(3,4)20(15)21-5)23-14-13(17-24-18-14)19-6-8-22-9-7-19/h12H,6-11H2,1-5H3. The minimum Gasteiger partial charge on any atom is -0.471 e. The molecular weight excluding hydrogens is 328 g/mol. The first-order valence-corrected chi connectivity index (χ1v) is 9.23. The fourth-order valence-corrected chi connectivity index (χ4v) is 4.64. The van der Waals surface area contributed by atoms with Gasteiger partial charge < -0.3 is 19.2 Å². The third kappa shape index (κ3) is 3.51. The van der Waals surface area contributed by atoms with Crippen molar-refractivity contribution in [3.05, 3.63) is 0 Å². The minimum absolute atomic E-state index is 0.0880. The molecule has 2 saturated heterocycles. The number of ether oxygens (including phenoxy) is 2. The maximum atomic E-state index is 6.32. The molecule has 3 rings (SSSR count). The van der Waals surface area contributed by atoms with E-state index < -0.39 is 0 Å². The molecule has 0 bridgehead atoms. The van der Waals surface area contributed by atoms with Crippen molar-refractivity contribution in [1.29, 1.82) is 0 Å². The Kier molecular flexibility index (Phi) is 5.01. The molecular formula is C16H28N4O3S. The van der Waals surface area contributed by atoms with Crippen molar-refractivity contribution < 1.29 is 14.3 Å². The molecule has 0 N–H and O–H groups in total. The summed E-state index contributed by atoms with van der Waals surface area (Å²) in [4.78, 5) is 7.85. The van der Waals surface area contributed by atoms with Crippen LogP contribution in [-0.2, 0) is 9.57 Å². The molecule has 8 heteroatoms. The first-order chi connectivity index (χ1) is 11.3. The van der Waals surface area contributed by atoms with Gasteiger partial charge in [-0.2, -0.15) is 9.44 Å². The van der Waals surface area contributed by atoms with Gasteiger partial charge in [-0.15, -0.1) is 4.37 Å². The average Bonchev–Trinajstić information content (AvgIpc) is 2.94. The lowest BCUT2D eigenvalue weighted by Gasteiger charge is -2.52. The van der Waals surface area contributed by atoms with Gasteiger partial charge in [0.25, 0.3) is 5.88 Å². The van der Waals surface area contributed by atoms with Gasteiger partial charge in [0.2, 0.25) is 5.82 Å². The fraction of sp³-hybridized carbons (Fsp3) is 0.875. The molecule has 136 valence electrons. The first kappa shape index (κ1) is 17.8. The van der Waals surface area contributed by atoms with E-state index in [9.17, 15) is 0 Å². The summed E-state index contributed by atoms with van der Waals surface area (Å²) in [6.45, 7) is 11.9. The van der Waals surface area contributed by atoms with E-state index in [1.807, 2.05) is 0 Å². The molecule has 2 fully saturated rings. The normalized spacial score (nSPS) is 25.0. The second-order valence-electron chi connectivity index (χ2n) is 7.74. The summed E-state index contributed by atoms with van der Waals surface area (Å²) >= 11 is 1.21. The van der Waals surface area contributed by atoms with Crippen LogP contribution in [0, 0.1) is 0 Å². The minimum atomic E-state index is -0.107. The number of anilines is 1. The second kappa shape index (κ2) is 6.74. The predicted molar refractivity (Wildman–Crippen MR) is 93.6 cm³/mol. The summed E-state index contributed by atoms with van der Waals surface area (Å²) < 4.78 is 20.6. The molecule has 3 heterocycles. The lowest BCUT2D eigenvalue weighted by atomic mass is 9.80. The van der Waals surface area contributed by atoms with E-state index in [4.69, 9.17) is 14.3 Å². The van der Waals surface area contributed by atoms with Gasteiger partial charge >= 0.3 is 0 Å². The monoisotopic (exact) mass is 356 g/mol. The van der Waals surface area contributed by atoms with Gasteiger partial charge in [-0.3, -0.25) is 0 Å². The van der Waals surface area contributed by atoms with Gasteiger partial charge in [-0.1, -0.05) is 0 Å². The van der Waals surface area contributed by atoms with Crippen LogP contribution in [0.15, 0.2) is 0 Å². The Morgan fingerprint density at radius 3 is 2.29 bits per heavy atom. The SMILES string of the molecule is CON1C(C)(C)CC(Oc2nsnc2N2CCOCC2)CC1(C)C. The van der Waals surface area contributed by atoms with Crippen LogP contribution < -0.4 is 9.64 Å². The predicted octanol–water partition coefficient (Wildman–Crippen LogP) is 2.34. The molecule has 0 saturated carbocycles. The largest absolute Gasteiger partial charge is 0.471 e. The highest BCUT2D eigenvalue weighted by Gasteiger charge is 2.47. The summed E-state index contributed by atoms with van der Waals surface area (Å²) in [6, 6.07) is 0. The zero-order valence-corrected chi connectivity index (χ0v) is 16.1. The zero-order chi connectivity index (χ0) is 17.4. The van der Waals surface area contributed by atoms with Crippen LogP contribution in [0.3, 0.4) is 0 Å². The Labute approximate surface area is 148 Å². The lowest BCUT2D eigenvalue weighted by molar-refractivity contribution is -0.274. The average molecular weight is 356 g/mol. The van der Waals surface area contributed by atoms with E-state index in [1.54, 1.807) is 7.11 Å². The lowest BCUT2D eigenvalue weighted by Crippen LogP contribution is -2.62. The van der Waals surface area contributed by atoms with E-state index in [0.29, 0.717) is 5.88 Å². The van der Waals surface area contributed by atoms with Gasteiger partial charge in [-0.05, 0) is 27.7 Å². The van der Waals surface area contributed by atoms with Crippen LogP contribution in [0.1, 0.15) is 40.5 Å². The van der Waals surface area contributed by atoms with E-state index in [-0.39, 0.29) is 17.2 Å². The Hall–Kier alpha value is -0.960. The van der Waals surface area contributed by atoms with Gasteiger partial charge in [0.15, 0.2) is 0 Å². The summed E-state index contributed by atoms with van der Waals surface area (Å²) in [5.41, 5.74) is -0.215. The molecule has 0 atom stereocenters. The number of piperidine rings is 1. The van der Waals surface area contributed by atoms with Gasteiger partial charge in [-0.25, -0.2) is 0 Å². The molecule has 0 amide bonds. The Morgan fingerprint density at radius 1 is 1.08 bits per heavy atom. The second-order valence-corrected chi connectivity index (χ2v) is 8.27. The topological polar surface area (TPSA) is 60.0 Å². The molecule has 1 aromatic rings. The molecule has 1 aromatic heterocycles. The molecule has 7 nitrogen and oxygen atoms in total. The number of rotatable bonds is 4. The number of hydrogen-bond donors (Lipinski definition) is 0. The fourth-order valence-electron chi connectivity index (χ4n) is 4.13. The molecule has 0 spiro atoms. The first-order valence-electron chi connectivity index (χ1n) is 8.50. The van der Waals surface area contributed by atoms with E-state index in [0.717, 1.165) is 45.0 Å². The van der Waals surface area contributed by atoms with Crippen molar-refractivity contribution >= 4 is 17.5 Å². The third-order valence-electron chi connectivity index (χ3n) is 4.77. The van der Waals surface area contributed by atoms with Crippen LogP contribution in [0.4, 0.5) is 5.82 Å². The van der Waals surface area contributed by atoms with Crippen molar-refractivity contribution in [2.24, 2.45) is 0 Å². The van der Waals surface area contributed by atoms with Crippen molar-refractivity contribution in [2.75, 3.05) is 38.3 Å². The van der Waals surface area contributed by atoms with Crippen LogP contribution in [-0.4, -0.2) is 64.4 Å². The quantitative estimate of drug-likeness (QED) is 0.820. The van der Waals surface area contributed by atoms with Gasteiger partial charge in [0.05, 0.1) is 32.1 Å². The molecule has 0 radical (unpaired) electrons. The number of morpholine rings is 1. The highest BCUT2D eigenvalue weighted by molar-refractivity contribution is 6.99. The maximum absolute atomic E-state index is 6.32. The zero-order valence-electron chi connectivity index (χ0n) is 15.2. The van der Waals surface area contributed by atoms with Gasteiger partial charge in [0, 0.05) is 37.0 Å². The summed E-state index contributed by atoms with van der Waals surface area (Å²) in [5.74, 6) is 1.51. The van der Waals surface area contributed by atoms with Crippen molar-refractivity contribution in [2.45, 2.75) is 57.7 Å². The number of nitrogens with zero attached hydrogens (tertiary/aromatic N) is 4. The van der Waals surface area contributed by atoms with Crippen molar-refractivity contribution in [3.63, 3.8) is 0 Å².